The second-order valence-corrected chi connectivity index (χ2v) is 4.89. The van der Waals surface area contributed by atoms with Crippen molar-refractivity contribution in [3.8, 4) is 5.69 Å². The molecule has 1 amide bonds. The molecule has 5 heteroatoms. The van der Waals surface area contributed by atoms with Crippen LogP contribution in [-0.4, -0.2) is 35.3 Å². The minimum atomic E-state index is 0.0557. The van der Waals surface area contributed by atoms with Gasteiger partial charge in [-0.05, 0) is 36.7 Å². The number of nitrogens with one attached hydrogen (secondary N) is 2. The third-order valence-electron chi connectivity index (χ3n) is 3.12. The highest BCUT2D eigenvalue weighted by molar-refractivity contribution is 5.78. The smallest absolute Gasteiger partial charge is 0.224 e. The van der Waals surface area contributed by atoms with Crippen LogP contribution in [0, 0.1) is 0 Å². The van der Waals surface area contributed by atoms with Gasteiger partial charge in [0, 0.05) is 25.5 Å². The summed E-state index contributed by atoms with van der Waals surface area (Å²) in [6.07, 6.45) is 5.16. The average Bonchev–Trinajstić information content (AvgIpc) is 3.02. The van der Waals surface area contributed by atoms with E-state index in [1.165, 1.54) is 0 Å². The van der Waals surface area contributed by atoms with Crippen LogP contribution in [0.2, 0.25) is 0 Å². The molecule has 5 nitrogen and oxygen atoms in total. The van der Waals surface area contributed by atoms with Gasteiger partial charge in [0.15, 0.2) is 0 Å². The summed E-state index contributed by atoms with van der Waals surface area (Å²) in [6.45, 7) is 4.60. The predicted octanol–water partition coefficient (Wildman–Crippen LogP) is 1.53. The Morgan fingerprint density at radius 2 is 2.00 bits per heavy atom. The molecule has 0 bridgehead atoms. The molecule has 112 valence electrons. The second-order valence-electron chi connectivity index (χ2n) is 4.89. The number of carbonyl (C=O) groups is 1. The summed E-state index contributed by atoms with van der Waals surface area (Å²) in [6, 6.07) is 9.75. The van der Waals surface area contributed by atoms with E-state index in [9.17, 15) is 4.79 Å². The zero-order chi connectivity index (χ0) is 14.9. The summed E-state index contributed by atoms with van der Waals surface area (Å²) in [5.41, 5.74) is 2.00. The maximum atomic E-state index is 11.8. The van der Waals surface area contributed by atoms with Crippen molar-refractivity contribution in [2.75, 3.05) is 19.6 Å². The Labute approximate surface area is 125 Å². The van der Waals surface area contributed by atoms with Gasteiger partial charge in [-0.15, -0.1) is 0 Å². The van der Waals surface area contributed by atoms with Gasteiger partial charge >= 0.3 is 0 Å². The highest BCUT2D eigenvalue weighted by Crippen LogP contribution is 2.09. The van der Waals surface area contributed by atoms with Crippen molar-refractivity contribution in [1.29, 1.82) is 0 Å². The summed E-state index contributed by atoms with van der Waals surface area (Å²) in [4.78, 5) is 11.8. The van der Waals surface area contributed by atoms with Gasteiger partial charge in [0.05, 0.1) is 12.1 Å². The fourth-order valence-corrected chi connectivity index (χ4v) is 2.03. The van der Waals surface area contributed by atoms with Crippen LogP contribution in [0.3, 0.4) is 0 Å². The third-order valence-corrected chi connectivity index (χ3v) is 3.12. The number of benzene rings is 1. The van der Waals surface area contributed by atoms with E-state index in [1.807, 2.05) is 36.5 Å². The Morgan fingerprint density at radius 3 is 2.67 bits per heavy atom. The van der Waals surface area contributed by atoms with E-state index >= 15 is 0 Å². The van der Waals surface area contributed by atoms with E-state index in [-0.39, 0.29) is 5.91 Å². The molecule has 21 heavy (non-hydrogen) atoms. The number of hydrogen-bond acceptors (Lipinski definition) is 3. The van der Waals surface area contributed by atoms with Crippen LogP contribution in [0.1, 0.15) is 18.9 Å². The lowest BCUT2D eigenvalue weighted by Crippen LogP contribution is -2.32. The first-order valence-electron chi connectivity index (χ1n) is 7.36. The summed E-state index contributed by atoms with van der Waals surface area (Å²) < 4.78 is 1.79. The lowest BCUT2D eigenvalue weighted by molar-refractivity contribution is -0.120. The van der Waals surface area contributed by atoms with Gasteiger partial charge in [-0.2, -0.15) is 5.10 Å². The van der Waals surface area contributed by atoms with Crippen LogP contribution in [0.25, 0.3) is 5.69 Å². The molecular formula is C16H22N4O. The molecule has 0 aliphatic heterocycles. The van der Waals surface area contributed by atoms with E-state index in [2.05, 4.69) is 22.7 Å². The number of nitrogens with zero attached hydrogens (tertiary/aromatic N) is 2. The van der Waals surface area contributed by atoms with Crippen LogP contribution < -0.4 is 10.6 Å². The molecule has 0 aliphatic rings. The summed E-state index contributed by atoms with van der Waals surface area (Å²) in [5.74, 6) is 0.0557. The van der Waals surface area contributed by atoms with Gasteiger partial charge in [-0.3, -0.25) is 4.79 Å². The molecule has 0 saturated carbocycles. The minimum Gasteiger partial charge on any atom is -0.355 e. The van der Waals surface area contributed by atoms with Crippen molar-refractivity contribution in [3.05, 3.63) is 48.3 Å². The quantitative estimate of drug-likeness (QED) is 0.724. The molecule has 0 fully saturated rings. The Hall–Kier alpha value is -2.14. The molecule has 0 radical (unpaired) electrons. The van der Waals surface area contributed by atoms with Crippen LogP contribution in [0.15, 0.2) is 42.7 Å². The van der Waals surface area contributed by atoms with Crippen LogP contribution >= 0.6 is 0 Å². The lowest BCUT2D eigenvalue weighted by atomic mass is 10.1. The van der Waals surface area contributed by atoms with E-state index in [0.29, 0.717) is 13.0 Å². The van der Waals surface area contributed by atoms with E-state index in [4.69, 9.17) is 0 Å². The molecule has 1 aromatic heterocycles. The topological polar surface area (TPSA) is 58.9 Å². The Morgan fingerprint density at radius 1 is 1.19 bits per heavy atom. The molecule has 0 saturated heterocycles. The molecule has 0 spiro atoms. The predicted molar refractivity (Wildman–Crippen MR) is 83.4 cm³/mol. The highest BCUT2D eigenvalue weighted by atomic mass is 16.1. The summed E-state index contributed by atoms with van der Waals surface area (Å²) in [7, 11) is 0. The number of carbonyl (C=O) groups excluding carboxylic acids is 1. The van der Waals surface area contributed by atoms with Crippen molar-refractivity contribution in [1.82, 2.24) is 20.4 Å². The molecule has 0 atom stereocenters. The van der Waals surface area contributed by atoms with E-state index < -0.39 is 0 Å². The molecule has 1 heterocycles. The van der Waals surface area contributed by atoms with Gasteiger partial charge < -0.3 is 10.6 Å². The number of amides is 1. The van der Waals surface area contributed by atoms with E-state index in [0.717, 1.165) is 30.8 Å². The molecule has 1 aromatic carbocycles. The molecule has 0 aliphatic carbocycles. The number of hydrogen-bond donors (Lipinski definition) is 2. The van der Waals surface area contributed by atoms with Crippen molar-refractivity contribution >= 4 is 5.91 Å². The third kappa shape index (κ3) is 5.04. The van der Waals surface area contributed by atoms with Crippen molar-refractivity contribution in [3.63, 3.8) is 0 Å². The fraction of sp³-hybridized carbons (Fsp3) is 0.375. The first kappa shape index (κ1) is 15.3. The second kappa shape index (κ2) is 8.21. The van der Waals surface area contributed by atoms with Gasteiger partial charge in [0.1, 0.15) is 0 Å². The fourth-order valence-electron chi connectivity index (χ4n) is 2.03. The van der Waals surface area contributed by atoms with Gasteiger partial charge in [-0.1, -0.05) is 19.1 Å². The van der Waals surface area contributed by atoms with Crippen molar-refractivity contribution in [2.24, 2.45) is 0 Å². The maximum absolute atomic E-state index is 11.8. The number of rotatable bonds is 8. The molecule has 2 rings (SSSR count). The van der Waals surface area contributed by atoms with Crippen molar-refractivity contribution < 1.29 is 4.79 Å². The highest BCUT2D eigenvalue weighted by Gasteiger charge is 2.03. The van der Waals surface area contributed by atoms with Crippen LogP contribution in [-0.2, 0) is 11.2 Å². The molecule has 2 aromatic rings. The zero-order valence-electron chi connectivity index (χ0n) is 12.4. The van der Waals surface area contributed by atoms with Gasteiger partial charge in [0.2, 0.25) is 5.91 Å². The lowest BCUT2D eigenvalue weighted by Gasteiger charge is -2.07. The minimum absolute atomic E-state index is 0.0557. The van der Waals surface area contributed by atoms with Gasteiger partial charge in [-0.25, -0.2) is 4.68 Å². The first-order valence-corrected chi connectivity index (χ1v) is 7.36. The SMILES string of the molecule is CCCNCCNC(=O)Cc1ccc(-n2cccn2)cc1. The standard InChI is InChI=1S/C16H22N4O/c1-2-8-17-10-11-18-16(21)13-14-4-6-15(7-5-14)20-12-3-9-19-20/h3-7,9,12,17H,2,8,10-11,13H2,1H3,(H,18,21). The Kier molecular flexibility index (Phi) is 5.97. The summed E-state index contributed by atoms with van der Waals surface area (Å²) in [5, 5.41) is 10.3. The molecule has 0 unspecified atom stereocenters. The maximum Gasteiger partial charge on any atom is 0.224 e. The van der Waals surface area contributed by atoms with Gasteiger partial charge in [0.25, 0.3) is 0 Å². The number of aromatic nitrogens is 2. The zero-order valence-corrected chi connectivity index (χ0v) is 12.4. The Balaban J connectivity index is 1.76. The van der Waals surface area contributed by atoms with Crippen LogP contribution in [0.4, 0.5) is 0 Å². The summed E-state index contributed by atoms with van der Waals surface area (Å²) >= 11 is 0. The first-order chi connectivity index (χ1) is 10.3. The Bertz CT molecular complexity index is 534. The van der Waals surface area contributed by atoms with E-state index in [1.54, 1.807) is 10.9 Å². The largest absolute Gasteiger partial charge is 0.355 e. The average molecular weight is 286 g/mol. The molecule has 2 N–H and O–H groups in total. The van der Waals surface area contributed by atoms with Crippen molar-refractivity contribution in [2.45, 2.75) is 19.8 Å². The monoisotopic (exact) mass is 286 g/mol. The normalized spacial score (nSPS) is 10.5. The van der Waals surface area contributed by atoms with Crippen LogP contribution in [0.5, 0.6) is 0 Å². The molecular weight excluding hydrogens is 264 g/mol.